The van der Waals surface area contributed by atoms with Gasteiger partial charge in [0.25, 0.3) is 0 Å². The minimum absolute atomic E-state index is 0.00630. The maximum absolute atomic E-state index is 13.3. The highest BCUT2D eigenvalue weighted by Crippen LogP contribution is 2.39. The van der Waals surface area contributed by atoms with Crippen LogP contribution in [0, 0.1) is 5.92 Å². The Hall–Kier alpha value is -2.35. The van der Waals surface area contributed by atoms with Crippen molar-refractivity contribution in [1.29, 1.82) is 0 Å². The van der Waals surface area contributed by atoms with Gasteiger partial charge in [0.05, 0.1) is 21.1 Å². The van der Waals surface area contributed by atoms with Crippen LogP contribution >= 0.6 is 0 Å². The Morgan fingerprint density at radius 3 is 2.16 bits per heavy atom. The molecular weight excluding hydrogens is 439 g/mol. The summed E-state index contributed by atoms with van der Waals surface area (Å²) in [4.78, 5) is 14.3. The van der Waals surface area contributed by atoms with Crippen molar-refractivity contribution in [3.8, 4) is 0 Å². The van der Waals surface area contributed by atoms with Crippen molar-refractivity contribution < 1.29 is 26.4 Å². The lowest BCUT2D eigenvalue weighted by Gasteiger charge is -2.40. The van der Waals surface area contributed by atoms with Crippen LogP contribution in [0.2, 0.25) is 0 Å². The number of hydrogen-bond acceptors (Lipinski definition) is 3. The van der Waals surface area contributed by atoms with Crippen LogP contribution in [0.5, 0.6) is 0 Å². The van der Waals surface area contributed by atoms with E-state index in [9.17, 15) is 26.4 Å². The zero-order valence-corrected chi connectivity index (χ0v) is 19.2. The molecule has 4 nitrogen and oxygen atoms in total. The first kappa shape index (κ1) is 24.3. The third-order valence-electron chi connectivity index (χ3n) is 6.62. The number of piperidine rings is 1. The molecule has 2 aromatic carbocycles. The fourth-order valence-corrected chi connectivity index (χ4v) is 6.14. The van der Waals surface area contributed by atoms with Gasteiger partial charge in [0.2, 0.25) is 5.91 Å². The van der Waals surface area contributed by atoms with Crippen molar-refractivity contribution in [3.63, 3.8) is 0 Å². The highest BCUT2D eigenvalue weighted by molar-refractivity contribution is 7.92. The molecule has 1 saturated heterocycles. The van der Waals surface area contributed by atoms with E-state index in [1.807, 2.05) is 37.3 Å². The van der Waals surface area contributed by atoms with E-state index in [0.717, 1.165) is 17.7 Å². The molecule has 2 aromatic rings. The zero-order chi connectivity index (χ0) is 23.7. The number of nitrogens with zero attached hydrogens (tertiary/aromatic N) is 1. The van der Waals surface area contributed by atoms with Gasteiger partial charge in [0, 0.05) is 13.1 Å². The van der Waals surface area contributed by atoms with Crippen molar-refractivity contribution in [2.24, 2.45) is 5.92 Å². The van der Waals surface area contributed by atoms with Gasteiger partial charge in [-0.1, -0.05) is 36.4 Å². The molecule has 0 bridgehead atoms. The lowest BCUT2D eigenvalue weighted by molar-refractivity contribution is -0.137. The molecule has 8 heteroatoms. The second-order valence-electron chi connectivity index (χ2n) is 8.86. The number of carbonyl (C=O) groups excluding carboxylic acids is 1. The van der Waals surface area contributed by atoms with Crippen LogP contribution in [0.4, 0.5) is 13.2 Å². The summed E-state index contributed by atoms with van der Waals surface area (Å²) in [6, 6.07) is 13.4. The molecule has 3 rings (SSSR count). The van der Waals surface area contributed by atoms with Gasteiger partial charge >= 0.3 is 6.18 Å². The van der Waals surface area contributed by atoms with Crippen LogP contribution in [0.1, 0.15) is 50.7 Å². The predicted octanol–water partition coefficient (Wildman–Crippen LogP) is 5.30. The van der Waals surface area contributed by atoms with Crippen LogP contribution in [0.3, 0.4) is 0 Å². The van der Waals surface area contributed by atoms with Gasteiger partial charge in [-0.05, 0) is 63.3 Å². The largest absolute Gasteiger partial charge is 0.416 e. The quantitative estimate of drug-likeness (QED) is 0.600. The fraction of sp³-hybridized carbons (Fsp3) is 0.458. The molecule has 1 amide bonds. The summed E-state index contributed by atoms with van der Waals surface area (Å²) in [6.07, 6.45) is -3.67. The number of amides is 1. The Kier molecular flexibility index (Phi) is 6.75. The molecule has 0 spiro atoms. The first-order valence-electron chi connectivity index (χ1n) is 10.6. The maximum atomic E-state index is 13.3. The van der Waals surface area contributed by atoms with Gasteiger partial charge in [0.15, 0.2) is 9.84 Å². The standard InChI is InChI=1S/C24H28F3NO3S/c1-17(18-8-5-4-6-9-18)22(29)28-14-12-19(13-15-28)23(2,3)32(30,31)21-11-7-10-20(16-21)24(25,26)27/h4-11,16-17,19H,12-15H2,1-3H3/t17-/m0/s1. The van der Waals surface area contributed by atoms with E-state index in [0.29, 0.717) is 32.0 Å². The fourth-order valence-electron chi connectivity index (χ4n) is 4.32. The number of likely N-dealkylation sites (tertiary alicyclic amines) is 1. The smallest absolute Gasteiger partial charge is 0.342 e. The molecule has 0 saturated carbocycles. The maximum Gasteiger partial charge on any atom is 0.416 e. The molecule has 0 radical (unpaired) electrons. The van der Waals surface area contributed by atoms with Crippen molar-refractivity contribution in [1.82, 2.24) is 4.90 Å². The van der Waals surface area contributed by atoms with Gasteiger partial charge in [0.1, 0.15) is 0 Å². The molecular formula is C24H28F3NO3S. The highest BCUT2D eigenvalue weighted by Gasteiger charge is 2.45. The topological polar surface area (TPSA) is 54.5 Å². The lowest BCUT2D eigenvalue weighted by atomic mass is 9.85. The summed E-state index contributed by atoms with van der Waals surface area (Å²) in [5, 5.41) is 0. The number of sulfone groups is 1. The number of halogens is 3. The highest BCUT2D eigenvalue weighted by atomic mass is 32.2. The molecule has 0 aliphatic carbocycles. The molecule has 0 unspecified atom stereocenters. The van der Waals surface area contributed by atoms with E-state index in [1.54, 1.807) is 18.7 Å². The SMILES string of the molecule is C[C@H](C(=O)N1CCC(C(C)(C)S(=O)(=O)c2cccc(C(F)(F)F)c2)CC1)c1ccccc1. The minimum atomic E-state index is -4.61. The average molecular weight is 468 g/mol. The van der Waals surface area contributed by atoms with Crippen LogP contribution < -0.4 is 0 Å². The summed E-state index contributed by atoms with van der Waals surface area (Å²) in [7, 11) is -4.02. The van der Waals surface area contributed by atoms with Gasteiger partial charge in [-0.25, -0.2) is 8.42 Å². The molecule has 0 aromatic heterocycles. The summed E-state index contributed by atoms with van der Waals surface area (Å²) < 4.78 is 64.6. The molecule has 1 aliphatic heterocycles. The van der Waals surface area contributed by atoms with Crippen LogP contribution in [0.15, 0.2) is 59.5 Å². The first-order valence-corrected chi connectivity index (χ1v) is 12.1. The molecule has 1 fully saturated rings. The summed E-state index contributed by atoms with van der Waals surface area (Å²) in [6.45, 7) is 5.82. The van der Waals surface area contributed by atoms with Gasteiger partial charge < -0.3 is 4.90 Å². The lowest BCUT2D eigenvalue weighted by Crippen LogP contribution is -2.48. The van der Waals surface area contributed by atoms with E-state index in [1.165, 1.54) is 6.07 Å². The molecule has 1 heterocycles. The second kappa shape index (κ2) is 8.89. The molecule has 32 heavy (non-hydrogen) atoms. The monoisotopic (exact) mass is 467 g/mol. The summed E-state index contributed by atoms with van der Waals surface area (Å²) >= 11 is 0. The Balaban J connectivity index is 1.73. The number of hydrogen-bond donors (Lipinski definition) is 0. The second-order valence-corrected chi connectivity index (χ2v) is 11.4. The normalized spacial score (nSPS) is 17.2. The van der Waals surface area contributed by atoms with E-state index in [4.69, 9.17) is 0 Å². The number of rotatable bonds is 5. The van der Waals surface area contributed by atoms with Crippen molar-refractivity contribution in [2.45, 2.75) is 55.3 Å². The molecule has 1 aliphatic rings. The Morgan fingerprint density at radius 1 is 1.00 bits per heavy atom. The number of carbonyl (C=O) groups is 1. The van der Waals surface area contributed by atoms with E-state index >= 15 is 0 Å². The average Bonchev–Trinajstić information content (AvgIpc) is 2.78. The van der Waals surface area contributed by atoms with Gasteiger partial charge in [-0.15, -0.1) is 0 Å². The van der Waals surface area contributed by atoms with Crippen molar-refractivity contribution in [3.05, 3.63) is 65.7 Å². The summed E-state index contributed by atoms with van der Waals surface area (Å²) in [5.41, 5.74) is -0.0585. The third kappa shape index (κ3) is 4.70. The third-order valence-corrected chi connectivity index (χ3v) is 9.22. The first-order chi connectivity index (χ1) is 14.9. The van der Waals surface area contributed by atoms with Crippen molar-refractivity contribution >= 4 is 15.7 Å². The molecule has 1 atom stereocenters. The molecule has 0 N–H and O–H groups in total. The van der Waals surface area contributed by atoms with Gasteiger partial charge in [-0.2, -0.15) is 13.2 Å². The van der Waals surface area contributed by atoms with Crippen LogP contribution in [0.25, 0.3) is 0 Å². The van der Waals surface area contributed by atoms with E-state index in [2.05, 4.69) is 0 Å². The van der Waals surface area contributed by atoms with Crippen LogP contribution in [-0.2, 0) is 20.8 Å². The number of alkyl halides is 3. The summed E-state index contributed by atoms with van der Waals surface area (Å²) in [5.74, 6) is -0.582. The van der Waals surface area contributed by atoms with Gasteiger partial charge in [-0.3, -0.25) is 4.79 Å². The predicted molar refractivity (Wildman–Crippen MR) is 117 cm³/mol. The Labute approximate surface area is 187 Å². The molecule has 174 valence electrons. The van der Waals surface area contributed by atoms with E-state index < -0.39 is 26.3 Å². The Bertz CT molecular complexity index is 1060. The van der Waals surface area contributed by atoms with Crippen LogP contribution in [-0.4, -0.2) is 37.1 Å². The zero-order valence-electron chi connectivity index (χ0n) is 18.4. The Morgan fingerprint density at radius 2 is 1.59 bits per heavy atom. The number of benzene rings is 2. The van der Waals surface area contributed by atoms with Crippen molar-refractivity contribution in [2.75, 3.05) is 13.1 Å². The minimum Gasteiger partial charge on any atom is -0.342 e. The van der Waals surface area contributed by atoms with E-state index in [-0.39, 0.29) is 22.6 Å².